The maximum absolute atomic E-state index is 13.0. The number of amides is 2. The van der Waals surface area contributed by atoms with E-state index in [1.807, 2.05) is 32.0 Å². The lowest BCUT2D eigenvalue weighted by Gasteiger charge is -2.40. The first-order valence-electron chi connectivity index (χ1n) is 11.3. The summed E-state index contributed by atoms with van der Waals surface area (Å²) >= 11 is 0. The van der Waals surface area contributed by atoms with Crippen LogP contribution in [0.3, 0.4) is 0 Å². The lowest BCUT2D eigenvalue weighted by atomic mass is 9.77. The van der Waals surface area contributed by atoms with Gasteiger partial charge in [0, 0.05) is 37.9 Å². The molecule has 33 heavy (non-hydrogen) atoms. The maximum atomic E-state index is 13.0. The van der Waals surface area contributed by atoms with E-state index in [-0.39, 0.29) is 37.7 Å². The van der Waals surface area contributed by atoms with Gasteiger partial charge in [-0.3, -0.25) is 9.59 Å². The van der Waals surface area contributed by atoms with E-state index in [2.05, 4.69) is 5.32 Å². The maximum Gasteiger partial charge on any atom is 0.249 e. The van der Waals surface area contributed by atoms with Gasteiger partial charge in [-0.15, -0.1) is 0 Å². The van der Waals surface area contributed by atoms with Crippen LogP contribution >= 0.6 is 0 Å². The summed E-state index contributed by atoms with van der Waals surface area (Å²) in [5, 5.41) is 23.2. The third-order valence-electron chi connectivity index (χ3n) is 5.82. The van der Waals surface area contributed by atoms with Gasteiger partial charge < -0.3 is 34.6 Å². The van der Waals surface area contributed by atoms with Gasteiger partial charge in [0.2, 0.25) is 11.8 Å². The van der Waals surface area contributed by atoms with Crippen molar-refractivity contribution in [3.05, 3.63) is 41.5 Å². The Morgan fingerprint density at radius 2 is 2.03 bits per heavy atom. The summed E-state index contributed by atoms with van der Waals surface area (Å²) in [5.41, 5.74) is 1.22. The van der Waals surface area contributed by atoms with Crippen LogP contribution in [0.4, 0.5) is 0 Å². The van der Waals surface area contributed by atoms with Gasteiger partial charge in [-0.25, -0.2) is 0 Å². The molecule has 0 spiro atoms. The number of fused-ring (bicyclic) bond motifs is 3. The molecule has 1 aromatic rings. The number of carbonyl (C=O) groups excluding carboxylic acids is 2. The van der Waals surface area contributed by atoms with Gasteiger partial charge in [-0.1, -0.05) is 18.2 Å². The fraction of sp³-hybridized carbons (Fsp3) is 0.583. The largest absolute Gasteiger partial charge is 0.486 e. The van der Waals surface area contributed by atoms with E-state index >= 15 is 0 Å². The van der Waals surface area contributed by atoms with Crippen LogP contribution in [0.5, 0.6) is 5.75 Å². The summed E-state index contributed by atoms with van der Waals surface area (Å²) in [6.45, 7) is 4.41. The standard InChI is InChI=1S/C24H34N2O7/c1-15(2)32-12-6-10-26(20(28)14-31-3)18-13-17(24(30)25-9-11-27)21-16-7-4-5-8-19(16)33-23(21)22(18)29/h4-5,7-8,13,15,18,21-23,27,29H,6,9-12,14H2,1-3H3,(H,25,30). The molecule has 0 aromatic heterocycles. The van der Waals surface area contributed by atoms with Crippen LogP contribution in [0.15, 0.2) is 35.9 Å². The molecule has 0 fully saturated rings. The summed E-state index contributed by atoms with van der Waals surface area (Å²) in [7, 11) is 1.44. The molecule has 3 rings (SSSR count). The van der Waals surface area contributed by atoms with Gasteiger partial charge >= 0.3 is 0 Å². The zero-order valence-corrected chi connectivity index (χ0v) is 19.4. The number of nitrogens with one attached hydrogen (secondary N) is 1. The highest BCUT2D eigenvalue weighted by molar-refractivity contribution is 5.96. The second-order valence-electron chi connectivity index (χ2n) is 8.47. The second kappa shape index (κ2) is 11.6. The smallest absolute Gasteiger partial charge is 0.249 e. The summed E-state index contributed by atoms with van der Waals surface area (Å²) in [4.78, 5) is 27.5. The van der Waals surface area contributed by atoms with Crippen LogP contribution in [-0.4, -0.2) is 91.3 Å². The van der Waals surface area contributed by atoms with Gasteiger partial charge in [-0.05, 0) is 32.4 Å². The molecule has 1 aromatic carbocycles. The molecular weight excluding hydrogens is 428 g/mol. The number of aliphatic hydroxyl groups excluding tert-OH is 2. The molecule has 182 valence electrons. The molecule has 0 saturated carbocycles. The molecule has 9 heteroatoms. The average molecular weight is 463 g/mol. The summed E-state index contributed by atoms with van der Waals surface area (Å²) in [6, 6.07) is 6.58. The Balaban J connectivity index is 1.94. The number of hydrogen-bond acceptors (Lipinski definition) is 7. The number of ether oxygens (including phenoxy) is 3. The molecular formula is C24H34N2O7. The molecule has 0 bridgehead atoms. The first-order valence-corrected chi connectivity index (χ1v) is 11.3. The Morgan fingerprint density at radius 3 is 2.73 bits per heavy atom. The van der Waals surface area contributed by atoms with Crippen LogP contribution in [0.25, 0.3) is 0 Å². The molecule has 1 aliphatic carbocycles. The van der Waals surface area contributed by atoms with Gasteiger partial charge in [0.1, 0.15) is 24.6 Å². The Morgan fingerprint density at radius 1 is 1.27 bits per heavy atom. The van der Waals surface area contributed by atoms with Gasteiger partial charge in [0.15, 0.2) is 0 Å². The van der Waals surface area contributed by atoms with Crippen molar-refractivity contribution in [3.8, 4) is 5.75 Å². The Bertz CT molecular complexity index is 857. The molecule has 3 N–H and O–H groups in total. The van der Waals surface area contributed by atoms with Crippen molar-refractivity contribution in [2.45, 2.75) is 50.5 Å². The lowest BCUT2D eigenvalue weighted by Crippen LogP contribution is -2.56. The minimum absolute atomic E-state index is 0.0706. The monoisotopic (exact) mass is 462 g/mol. The van der Waals surface area contributed by atoms with Crippen LogP contribution in [0.2, 0.25) is 0 Å². The molecule has 2 amide bonds. The Hall–Kier alpha value is -2.46. The topological polar surface area (TPSA) is 118 Å². The number of carbonyl (C=O) groups is 2. The van der Waals surface area contributed by atoms with E-state index in [4.69, 9.17) is 19.3 Å². The highest BCUT2D eigenvalue weighted by Crippen LogP contribution is 2.47. The first kappa shape index (κ1) is 25.2. The van der Waals surface area contributed by atoms with Crippen LogP contribution in [0.1, 0.15) is 31.7 Å². The Kier molecular flexibility index (Phi) is 8.85. The number of aliphatic hydroxyl groups is 2. The van der Waals surface area contributed by atoms with E-state index < -0.39 is 24.2 Å². The predicted molar refractivity (Wildman–Crippen MR) is 121 cm³/mol. The van der Waals surface area contributed by atoms with E-state index in [1.54, 1.807) is 12.1 Å². The number of hydrogen-bond donors (Lipinski definition) is 3. The van der Waals surface area contributed by atoms with E-state index in [1.165, 1.54) is 12.0 Å². The molecule has 4 unspecified atom stereocenters. The van der Waals surface area contributed by atoms with Crippen molar-refractivity contribution in [3.63, 3.8) is 0 Å². The van der Waals surface area contributed by atoms with E-state index in [0.29, 0.717) is 30.9 Å². The van der Waals surface area contributed by atoms with Crippen LogP contribution in [0, 0.1) is 0 Å². The molecule has 0 saturated heterocycles. The zero-order chi connectivity index (χ0) is 24.0. The molecule has 0 radical (unpaired) electrons. The van der Waals surface area contributed by atoms with E-state index in [9.17, 15) is 14.7 Å². The highest BCUT2D eigenvalue weighted by Gasteiger charge is 2.50. The number of nitrogens with zero attached hydrogens (tertiary/aromatic N) is 1. The minimum Gasteiger partial charge on any atom is -0.486 e. The van der Waals surface area contributed by atoms with Crippen LogP contribution < -0.4 is 10.1 Å². The average Bonchev–Trinajstić information content (AvgIpc) is 3.18. The number of rotatable bonds is 11. The molecule has 9 nitrogen and oxygen atoms in total. The molecule has 4 atom stereocenters. The van der Waals surface area contributed by atoms with Crippen molar-refractivity contribution >= 4 is 11.8 Å². The summed E-state index contributed by atoms with van der Waals surface area (Å²) in [6.07, 6.45) is 0.509. The number of benzene rings is 1. The van der Waals surface area contributed by atoms with Crippen LogP contribution in [-0.2, 0) is 19.1 Å². The molecule has 2 aliphatic rings. The second-order valence-corrected chi connectivity index (χ2v) is 8.47. The molecule has 1 aliphatic heterocycles. The Labute approximate surface area is 194 Å². The van der Waals surface area contributed by atoms with Gasteiger partial charge in [0.05, 0.1) is 24.7 Å². The fourth-order valence-corrected chi connectivity index (χ4v) is 4.39. The lowest BCUT2D eigenvalue weighted by molar-refractivity contribution is -0.141. The highest BCUT2D eigenvalue weighted by atomic mass is 16.5. The van der Waals surface area contributed by atoms with Gasteiger partial charge in [0.25, 0.3) is 0 Å². The number of methoxy groups -OCH3 is 1. The third-order valence-corrected chi connectivity index (χ3v) is 5.82. The predicted octanol–water partition coefficient (Wildman–Crippen LogP) is 0.599. The fourth-order valence-electron chi connectivity index (χ4n) is 4.39. The SMILES string of the molecule is COCC(=O)N(CCCOC(C)C)C1C=C(C(=O)NCCO)C2c3ccccc3OC2C1O. The van der Waals surface area contributed by atoms with Crippen molar-refractivity contribution in [2.24, 2.45) is 0 Å². The quantitative estimate of drug-likeness (QED) is 0.412. The van der Waals surface area contributed by atoms with Crippen molar-refractivity contribution in [2.75, 3.05) is 40.0 Å². The minimum atomic E-state index is -1.05. The van der Waals surface area contributed by atoms with Crippen molar-refractivity contribution < 1.29 is 34.0 Å². The van der Waals surface area contributed by atoms with E-state index in [0.717, 1.165) is 5.56 Å². The van der Waals surface area contributed by atoms with Crippen molar-refractivity contribution in [1.29, 1.82) is 0 Å². The third kappa shape index (κ3) is 5.73. The normalized spacial score (nSPS) is 23.4. The number of para-hydroxylation sites is 1. The first-order chi connectivity index (χ1) is 15.9. The molecule has 1 heterocycles. The summed E-state index contributed by atoms with van der Waals surface area (Å²) < 4.78 is 16.7. The van der Waals surface area contributed by atoms with Crippen molar-refractivity contribution in [1.82, 2.24) is 10.2 Å². The zero-order valence-electron chi connectivity index (χ0n) is 19.4. The van der Waals surface area contributed by atoms with Gasteiger partial charge in [-0.2, -0.15) is 0 Å². The summed E-state index contributed by atoms with van der Waals surface area (Å²) in [5.74, 6) is -0.534.